The Labute approximate surface area is 122 Å². The summed E-state index contributed by atoms with van der Waals surface area (Å²) >= 11 is 0. The number of rotatable bonds is 7. The van der Waals surface area contributed by atoms with Crippen molar-refractivity contribution in [3.8, 4) is 5.88 Å². The Morgan fingerprint density at radius 1 is 1.10 bits per heavy atom. The molecule has 1 heterocycles. The van der Waals surface area contributed by atoms with Crippen molar-refractivity contribution in [3.63, 3.8) is 0 Å². The first-order valence-corrected chi connectivity index (χ1v) is 6.58. The molecule has 1 aromatic carbocycles. The molecule has 0 amide bonds. The Kier molecular flexibility index (Phi) is 5.04. The lowest BCUT2D eigenvalue weighted by Gasteiger charge is -2.07. The first-order valence-electron chi connectivity index (χ1n) is 6.58. The average molecular weight is 285 g/mol. The molecule has 2 aromatic rings. The molecule has 0 aliphatic carbocycles. The van der Waals surface area contributed by atoms with E-state index in [4.69, 9.17) is 9.84 Å². The van der Waals surface area contributed by atoms with Crippen LogP contribution < -0.4 is 4.74 Å². The topological polar surface area (TPSA) is 76.5 Å². The van der Waals surface area contributed by atoms with Gasteiger partial charge in [-0.1, -0.05) is 30.3 Å². The molecule has 108 valence electrons. The molecule has 0 fully saturated rings. The fraction of sp³-hybridized carbons (Fsp3) is 0.188. The zero-order valence-corrected chi connectivity index (χ0v) is 11.4. The van der Waals surface area contributed by atoms with Gasteiger partial charge in [0.1, 0.15) is 5.56 Å². The minimum atomic E-state index is -1.08. The van der Waals surface area contributed by atoms with Crippen LogP contribution in [0.2, 0.25) is 0 Å². The Balaban J connectivity index is 1.83. The van der Waals surface area contributed by atoms with Crippen molar-refractivity contribution in [2.75, 3.05) is 6.61 Å². The van der Waals surface area contributed by atoms with Gasteiger partial charge < -0.3 is 9.84 Å². The Hall–Kier alpha value is -2.69. The van der Waals surface area contributed by atoms with Gasteiger partial charge in [0.15, 0.2) is 5.78 Å². The molecule has 0 bridgehead atoms. The lowest BCUT2D eigenvalue weighted by atomic mass is 10.1. The molecule has 0 aliphatic rings. The summed E-state index contributed by atoms with van der Waals surface area (Å²) in [5.41, 5.74) is 0.688. The molecule has 2 rings (SSSR count). The van der Waals surface area contributed by atoms with E-state index in [-0.39, 0.29) is 23.8 Å². The molecule has 0 unspecified atom stereocenters. The van der Waals surface area contributed by atoms with Gasteiger partial charge in [-0.05, 0) is 18.6 Å². The zero-order valence-electron chi connectivity index (χ0n) is 11.4. The summed E-state index contributed by atoms with van der Waals surface area (Å²) in [7, 11) is 0. The number of ether oxygens (including phenoxy) is 1. The van der Waals surface area contributed by atoms with Crippen molar-refractivity contribution in [3.05, 3.63) is 59.8 Å². The number of carboxylic acid groups (broad SMARTS) is 1. The fourth-order valence-electron chi connectivity index (χ4n) is 1.84. The maximum Gasteiger partial charge on any atom is 0.341 e. The third-order valence-electron chi connectivity index (χ3n) is 2.88. The molecule has 0 aliphatic heterocycles. The van der Waals surface area contributed by atoms with Gasteiger partial charge in [-0.2, -0.15) is 0 Å². The van der Waals surface area contributed by atoms with Gasteiger partial charge in [0.2, 0.25) is 5.88 Å². The minimum Gasteiger partial charge on any atom is -0.477 e. The third-order valence-corrected chi connectivity index (χ3v) is 2.88. The van der Waals surface area contributed by atoms with Gasteiger partial charge in [0, 0.05) is 18.2 Å². The Morgan fingerprint density at radius 3 is 2.57 bits per heavy atom. The lowest BCUT2D eigenvalue weighted by molar-refractivity contribution is 0.0690. The number of carbonyl (C=O) groups excluding carboxylic acids is 1. The van der Waals surface area contributed by atoms with Gasteiger partial charge in [-0.15, -0.1) is 0 Å². The number of aromatic nitrogens is 1. The van der Waals surface area contributed by atoms with E-state index in [1.54, 1.807) is 12.1 Å². The number of carboxylic acids is 1. The van der Waals surface area contributed by atoms with Crippen LogP contribution in [0.5, 0.6) is 5.88 Å². The predicted molar refractivity (Wildman–Crippen MR) is 76.7 cm³/mol. The molecule has 1 aromatic heterocycles. The summed E-state index contributed by atoms with van der Waals surface area (Å²) in [5, 5.41) is 8.98. The van der Waals surface area contributed by atoms with Crippen molar-refractivity contribution in [1.29, 1.82) is 0 Å². The number of nitrogens with zero attached hydrogens (tertiary/aromatic N) is 1. The molecule has 0 atom stereocenters. The number of hydrogen-bond donors (Lipinski definition) is 1. The highest BCUT2D eigenvalue weighted by Crippen LogP contribution is 2.14. The number of carbonyl (C=O) groups is 2. The van der Waals surface area contributed by atoms with Crippen LogP contribution in [0.25, 0.3) is 0 Å². The summed E-state index contributed by atoms with van der Waals surface area (Å²) in [6, 6.07) is 12.0. The summed E-state index contributed by atoms with van der Waals surface area (Å²) in [5.74, 6) is -0.964. The molecule has 0 saturated carbocycles. The first-order chi connectivity index (χ1) is 10.2. The minimum absolute atomic E-state index is 0.0203. The van der Waals surface area contributed by atoms with E-state index in [0.717, 1.165) is 0 Å². The maximum absolute atomic E-state index is 11.9. The van der Waals surface area contributed by atoms with Gasteiger partial charge in [-0.3, -0.25) is 4.79 Å². The molecule has 0 spiro atoms. The van der Waals surface area contributed by atoms with E-state index in [2.05, 4.69) is 4.98 Å². The standard InChI is InChI=1S/C16H15NO4/c18-14(12-6-2-1-3-7-12)9-5-11-21-15-13(16(19)20)8-4-10-17-15/h1-4,6-8,10H,5,9,11H2,(H,19,20). The van der Waals surface area contributed by atoms with E-state index in [1.807, 2.05) is 18.2 Å². The molecule has 1 N–H and O–H groups in total. The van der Waals surface area contributed by atoms with Crippen molar-refractivity contribution in [2.45, 2.75) is 12.8 Å². The second-order valence-electron chi connectivity index (χ2n) is 4.40. The number of Topliss-reactive ketones (excluding diaryl/α,β-unsaturated/α-hetero) is 1. The first kappa shape index (κ1) is 14.7. The smallest absolute Gasteiger partial charge is 0.341 e. The Bertz CT molecular complexity index is 625. The molecule has 0 saturated heterocycles. The SMILES string of the molecule is O=C(CCCOc1ncccc1C(=O)O)c1ccccc1. The number of ketones is 1. The van der Waals surface area contributed by atoms with E-state index in [1.165, 1.54) is 18.3 Å². The van der Waals surface area contributed by atoms with Crippen LogP contribution in [0.4, 0.5) is 0 Å². The highest BCUT2D eigenvalue weighted by Gasteiger charge is 2.12. The lowest BCUT2D eigenvalue weighted by Crippen LogP contribution is -2.08. The van der Waals surface area contributed by atoms with Crippen molar-refractivity contribution in [2.24, 2.45) is 0 Å². The van der Waals surface area contributed by atoms with E-state index < -0.39 is 5.97 Å². The van der Waals surface area contributed by atoms with E-state index in [0.29, 0.717) is 18.4 Å². The second kappa shape index (κ2) is 7.19. The normalized spacial score (nSPS) is 10.1. The second-order valence-corrected chi connectivity index (χ2v) is 4.40. The summed E-state index contributed by atoms with van der Waals surface area (Å²) < 4.78 is 5.34. The van der Waals surface area contributed by atoms with E-state index >= 15 is 0 Å². The van der Waals surface area contributed by atoms with Crippen LogP contribution in [0.1, 0.15) is 33.6 Å². The van der Waals surface area contributed by atoms with Crippen LogP contribution in [-0.4, -0.2) is 28.4 Å². The third kappa shape index (κ3) is 4.14. The van der Waals surface area contributed by atoms with Gasteiger partial charge in [-0.25, -0.2) is 9.78 Å². The summed E-state index contributed by atoms with van der Waals surface area (Å²) in [4.78, 5) is 26.7. The predicted octanol–water partition coefficient (Wildman–Crippen LogP) is 2.82. The summed E-state index contributed by atoms with van der Waals surface area (Å²) in [6.45, 7) is 0.246. The maximum atomic E-state index is 11.9. The van der Waals surface area contributed by atoms with Crippen LogP contribution in [0, 0.1) is 0 Å². The van der Waals surface area contributed by atoms with Crippen LogP contribution in [0.3, 0.4) is 0 Å². The number of aromatic carboxylic acids is 1. The van der Waals surface area contributed by atoms with Crippen molar-refractivity contribution in [1.82, 2.24) is 4.98 Å². The van der Waals surface area contributed by atoms with E-state index in [9.17, 15) is 9.59 Å². The summed E-state index contributed by atoms with van der Waals surface area (Å²) in [6.07, 6.45) is 2.32. The fourth-order valence-corrected chi connectivity index (χ4v) is 1.84. The number of benzene rings is 1. The Morgan fingerprint density at radius 2 is 1.86 bits per heavy atom. The number of hydrogen-bond acceptors (Lipinski definition) is 4. The van der Waals surface area contributed by atoms with Gasteiger partial charge in [0.05, 0.1) is 6.61 Å². The monoisotopic (exact) mass is 285 g/mol. The molecule has 5 heteroatoms. The molecule has 21 heavy (non-hydrogen) atoms. The average Bonchev–Trinajstić information content (AvgIpc) is 2.52. The molecule has 5 nitrogen and oxygen atoms in total. The van der Waals surface area contributed by atoms with Crippen LogP contribution >= 0.6 is 0 Å². The van der Waals surface area contributed by atoms with Crippen molar-refractivity contribution >= 4 is 11.8 Å². The zero-order chi connectivity index (χ0) is 15.1. The molecule has 0 radical (unpaired) electrons. The van der Waals surface area contributed by atoms with Crippen molar-refractivity contribution < 1.29 is 19.4 Å². The van der Waals surface area contributed by atoms with Gasteiger partial charge >= 0.3 is 5.97 Å². The number of pyridine rings is 1. The quantitative estimate of drug-likeness (QED) is 0.625. The highest BCUT2D eigenvalue weighted by atomic mass is 16.5. The largest absolute Gasteiger partial charge is 0.477 e. The highest BCUT2D eigenvalue weighted by molar-refractivity contribution is 5.95. The van der Waals surface area contributed by atoms with Crippen LogP contribution in [-0.2, 0) is 0 Å². The molecular formula is C16H15NO4. The van der Waals surface area contributed by atoms with Crippen LogP contribution in [0.15, 0.2) is 48.7 Å². The molecular weight excluding hydrogens is 270 g/mol. The van der Waals surface area contributed by atoms with Gasteiger partial charge in [0.25, 0.3) is 0 Å².